The number of amides is 4. The van der Waals surface area contributed by atoms with E-state index in [1.54, 1.807) is 26.0 Å². The summed E-state index contributed by atoms with van der Waals surface area (Å²) in [5, 5.41) is 36.0. The molecule has 0 aliphatic rings. The molecule has 0 fully saturated rings. The lowest BCUT2D eigenvalue weighted by Gasteiger charge is -2.27. The molecule has 6 atom stereocenters. The summed E-state index contributed by atoms with van der Waals surface area (Å²) in [6, 6.07) is 0.802. The zero-order valence-electron chi connectivity index (χ0n) is 21.1. The molecule has 10 N–H and O–H groups in total. The minimum Gasteiger partial charge on any atom is -0.508 e. The van der Waals surface area contributed by atoms with Crippen LogP contribution in [0.1, 0.15) is 45.6 Å². The SMILES string of the molecule is CCC(C)C(NC(=O)C(CCC(N)=O)NC(=O)C(NC(=O)C(N)Cc1ccc(O)cc1)C(C)O)C(=O)O. The van der Waals surface area contributed by atoms with E-state index in [1.807, 2.05) is 0 Å². The lowest BCUT2D eigenvalue weighted by Crippen LogP contribution is -2.60. The van der Waals surface area contributed by atoms with Crippen LogP contribution < -0.4 is 27.4 Å². The van der Waals surface area contributed by atoms with E-state index >= 15 is 0 Å². The molecule has 6 unspecified atom stereocenters. The van der Waals surface area contributed by atoms with Crippen LogP contribution in [-0.2, 0) is 30.4 Å². The van der Waals surface area contributed by atoms with E-state index in [9.17, 15) is 39.3 Å². The number of rotatable bonds is 15. The predicted octanol–water partition coefficient (Wildman–Crippen LogP) is -1.51. The van der Waals surface area contributed by atoms with Crippen LogP contribution in [0.25, 0.3) is 0 Å². The number of aliphatic hydroxyl groups is 1. The first-order valence-electron chi connectivity index (χ1n) is 11.9. The van der Waals surface area contributed by atoms with Crippen LogP contribution in [0.15, 0.2) is 24.3 Å². The van der Waals surface area contributed by atoms with Gasteiger partial charge in [0.1, 0.15) is 23.9 Å². The van der Waals surface area contributed by atoms with Crippen LogP contribution in [-0.4, -0.2) is 75.2 Å². The van der Waals surface area contributed by atoms with Gasteiger partial charge in [-0.25, -0.2) is 4.79 Å². The second-order valence-corrected chi connectivity index (χ2v) is 8.98. The number of phenols is 1. The molecule has 0 saturated heterocycles. The smallest absolute Gasteiger partial charge is 0.326 e. The molecule has 1 rings (SSSR count). The van der Waals surface area contributed by atoms with Crippen LogP contribution in [0.2, 0.25) is 0 Å². The number of carboxylic acid groups (broad SMARTS) is 1. The number of carbonyl (C=O) groups is 5. The highest BCUT2D eigenvalue weighted by Crippen LogP contribution is 2.12. The highest BCUT2D eigenvalue weighted by molar-refractivity contribution is 5.94. The Labute approximate surface area is 215 Å². The quantitative estimate of drug-likeness (QED) is 0.133. The van der Waals surface area contributed by atoms with Crippen LogP contribution in [0.3, 0.4) is 0 Å². The van der Waals surface area contributed by atoms with E-state index in [2.05, 4.69) is 16.0 Å². The average Bonchev–Trinajstić information content (AvgIpc) is 2.83. The van der Waals surface area contributed by atoms with Gasteiger partial charge in [-0.2, -0.15) is 0 Å². The number of hydrogen-bond donors (Lipinski definition) is 8. The Hall–Kier alpha value is -3.71. The predicted molar refractivity (Wildman–Crippen MR) is 133 cm³/mol. The Morgan fingerprint density at radius 1 is 0.919 bits per heavy atom. The van der Waals surface area contributed by atoms with Crippen molar-refractivity contribution in [3.05, 3.63) is 29.8 Å². The third kappa shape index (κ3) is 10.4. The molecule has 0 heterocycles. The topological polar surface area (TPSA) is 234 Å². The molecule has 1 aromatic carbocycles. The first kappa shape index (κ1) is 31.3. The maximum atomic E-state index is 12.9. The number of benzene rings is 1. The van der Waals surface area contributed by atoms with E-state index in [-0.39, 0.29) is 25.0 Å². The molecular weight excluding hydrogens is 486 g/mol. The molecule has 0 radical (unpaired) electrons. The van der Waals surface area contributed by atoms with E-state index in [0.29, 0.717) is 12.0 Å². The monoisotopic (exact) mass is 523 g/mol. The molecule has 0 aliphatic heterocycles. The van der Waals surface area contributed by atoms with Gasteiger partial charge in [0, 0.05) is 6.42 Å². The third-order valence-corrected chi connectivity index (χ3v) is 5.88. The molecule has 13 heteroatoms. The molecule has 1 aromatic rings. The summed E-state index contributed by atoms with van der Waals surface area (Å²) < 4.78 is 0. The van der Waals surface area contributed by atoms with Crippen LogP contribution >= 0.6 is 0 Å². The van der Waals surface area contributed by atoms with Gasteiger partial charge in [0.25, 0.3) is 0 Å². The summed E-state index contributed by atoms with van der Waals surface area (Å²) in [5.74, 6) is -4.95. The number of nitrogens with one attached hydrogen (secondary N) is 3. The number of primary amides is 1. The van der Waals surface area contributed by atoms with E-state index in [4.69, 9.17) is 11.5 Å². The summed E-state index contributed by atoms with van der Waals surface area (Å²) >= 11 is 0. The molecule has 0 aliphatic carbocycles. The maximum absolute atomic E-state index is 12.9. The first-order chi connectivity index (χ1) is 17.3. The zero-order chi connectivity index (χ0) is 28.3. The molecule has 206 valence electrons. The Morgan fingerprint density at radius 3 is 1.97 bits per heavy atom. The highest BCUT2D eigenvalue weighted by Gasteiger charge is 2.33. The van der Waals surface area contributed by atoms with E-state index < -0.39 is 65.8 Å². The summed E-state index contributed by atoms with van der Waals surface area (Å²) in [5.41, 5.74) is 11.7. The largest absolute Gasteiger partial charge is 0.508 e. The van der Waals surface area contributed by atoms with Crippen molar-refractivity contribution >= 4 is 29.6 Å². The minimum absolute atomic E-state index is 0.0429. The molecular formula is C24H37N5O8. The summed E-state index contributed by atoms with van der Waals surface area (Å²) in [4.78, 5) is 61.3. The fraction of sp³-hybridized carbons (Fsp3) is 0.542. The number of hydrogen-bond acceptors (Lipinski definition) is 8. The Bertz CT molecular complexity index is 953. The molecule has 4 amide bonds. The summed E-state index contributed by atoms with van der Waals surface area (Å²) in [7, 11) is 0. The Morgan fingerprint density at radius 2 is 1.49 bits per heavy atom. The Kier molecular flexibility index (Phi) is 12.5. The second-order valence-electron chi connectivity index (χ2n) is 8.98. The second kappa shape index (κ2) is 14.8. The average molecular weight is 524 g/mol. The van der Waals surface area contributed by atoms with Gasteiger partial charge in [0.2, 0.25) is 23.6 Å². The number of aliphatic hydroxyl groups excluding tert-OH is 1. The van der Waals surface area contributed by atoms with Crippen molar-refractivity contribution in [1.29, 1.82) is 0 Å². The fourth-order valence-electron chi connectivity index (χ4n) is 3.40. The van der Waals surface area contributed by atoms with Crippen molar-refractivity contribution in [2.75, 3.05) is 0 Å². The third-order valence-electron chi connectivity index (χ3n) is 5.88. The van der Waals surface area contributed by atoms with Gasteiger partial charge in [-0.05, 0) is 43.4 Å². The minimum atomic E-state index is -1.51. The van der Waals surface area contributed by atoms with Gasteiger partial charge in [0.05, 0.1) is 12.1 Å². The van der Waals surface area contributed by atoms with Crippen molar-refractivity contribution in [3.8, 4) is 5.75 Å². The number of carbonyl (C=O) groups excluding carboxylic acids is 4. The Balaban J connectivity index is 2.97. The maximum Gasteiger partial charge on any atom is 0.326 e. The van der Waals surface area contributed by atoms with Gasteiger partial charge in [0.15, 0.2) is 0 Å². The summed E-state index contributed by atoms with van der Waals surface area (Å²) in [6.45, 7) is 4.63. The summed E-state index contributed by atoms with van der Waals surface area (Å²) in [6.07, 6.45) is -1.38. The lowest BCUT2D eigenvalue weighted by atomic mass is 9.98. The number of carboxylic acids is 1. The fourth-order valence-corrected chi connectivity index (χ4v) is 3.40. The molecule has 0 saturated carbocycles. The number of aromatic hydroxyl groups is 1. The number of phenolic OH excluding ortho intramolecular Hbond substituents is 1. The number of nitrogens with two attached hydrogens (primary N) is 2. The van der Waals surface area contributed by atoms with Gasteiger partial charge < -0.3 is 42.7 Å². The zero-order valence-corrected chi connectivity index (χ0v) is 21.1. The van der Waals surface area contributed by atoms with Gasteiger partial charge in [-0.3, -0.25) is 19.2 Å². The number of aliphatic carboxylic acids is 1. The standard InChI is InChI=1S/C24H37N5O8/c1-4-12(2)19(24(36)37)28-22(34)17(9-10-18(26)32)27-23(35)20(13(3)30)29-21(33)16(25)11-14-5-7-15(31)8-6-14/h5-8,12-13,16-17,19-20,30-31H,4,9-11,25H2,1-3H3,(H2,26,32)(H,27,35)(H,28,34)(H,29,33)(H,36,37). The van der Waals surface area contributed by atoms with Crippen LogP contribution in [0.5, 0.6) is 5.75 Å². The van der Waals surface area contributed by atoms with Crippen molar-refractivity contribution in [2.24, 2.45) is 17.4 Å². The van der Waals surface area contributed by atoms with Crippen LogP contribution in [0, 0.1) is 5.92 Å². The normalized spacial score (nSPS) is 15.8. The van der Waals surface area contributed by atoms with E-state index in [0.717, 1.165) is 0 Å². The van der Waals surface area contributed by atoms with Gasteiger partial charge >= 0.3 is 5.97 Å². The molecule has 0 bridgehead atoms. The lowest BCUT2D eigenvalue weighted by molar-refractivity contribution is -0.144. The van der Waals surface area contributed by atoms with E-state index in [1.165, 1.54) is 19.1 Å². The molecule has 0 spiro atoms. The van der Waals surface area contributed by atoms with Crippen molar-refractivity contribution in [2.45, 2.75) is 76.7 Å². The first-order valence-corrected chi connectivity index (χ1v) is 11.9. The van der Waals surface area contributed by atoms with Crippen molar-refractivity contribution < 1.29 is 39.3 Å². The van der Waals surface area contributed by atoms with Gasteiger partial charge in [-0.1, -0.05) is 32.4 Å². The van der Waals surface area contributed by atoms with Gasteiger partial charge in [-0.15, -0.1) is 0 Å². The highest BCUT2D eigenvalue weighted by atomic mass is 16.4. The van der Waals surface area contributed by atoms with Crippen molar-refractivity contribution in [1.82, 2.24) is 16.0 Å². The van der Waals surface area contributed by atoms with Crippen LogP contribution in [0.4, 0.5) is 0 Å². The molecule has 13 nitrogen and oxygen atoms in total. The van der Waals surface area contributed by atoms with Crippen molar-refractivity contribution in [3.63, 3.8) is 0 Å². The molecule has 0 aromatic heterocycles. The molecule has 37 heavy (non-hydrogen) atoms.